The average Bonchev–Trinajstić information content (AvgIpc) is 2.27. The molecule has 102 valence electrons. The summed E-state index contributed by atoms with van der Waals surface area (Å²) in [5, 5.41) is 5.22. The van der Waals surface area contributed by atoms with Crippen molar-refractivity contribution in [2.75, 3.05) is 5.32 Å². The van der Waals surface area contributed by atoms with Gasteiger partial charge in [0.15, 0.2) is 5.78 Å². The number of amides is 2. The van der Waals surface area contributed by atoms with Crippen molar-refractivity contribution in [2.45, 2.75) is 33.2 Å². The van der Waals surface area contributed by atoms with Crippen LogP contribution in [0.2, 0.25) is 0 Å². The Morgan fingerprint density at radius 2 is 1.84 bits per heavy atom. The minimum absolute atomic E-state index is 0.00124. The van der Waals surface area contributed by atoms with E-state index in [9.17, 15) is 14.4 Å². The van der Waals surface area contributed by atoms with Gasteiger partial charge in [-0.2, -0.15) is 0 Å². The quantitative estimate of drug-likeness (QED) is 0.627. The number of carbonyl (C=O) groups excluding carboxylic acids is 3. The number of hydrogen-bond donors (Lipinski definition) is 2. The number of carbonyl (C=O) groups is 3. The van der Waals surface area contributed by atoms with Crippen LogP contribution in [0.3, 0.4) is 0 Å². The molecule has 19 heavy (non-hydrogen) atoms. The maximum atomic E-state index is 11.6. The molecule has 2 N–H and O–H groups in total. The van der Waals surface area contributed by atoms with E-state index >= 15 is 0 Å². The third-order valence-electron chi connectivity index (χ3n) is 2.32. The van der Waals surface area contributed by atoms with E-state index in [-0.39, 0.29) is 24.2 Å². The highest BCUT2D eigenvalue weighted by atomic mass is 16.2. The topological polar surface area (TPSA) is 75.3 Å². The number of nitrogens with one attached hydrogen (secondary N) is 2. The standard InChI is InChI=1S/C14H18N2O3/c1-9(2)15-13(18)8-14(19)16-12-6-4-5-11(7-12)10(3)17/h4-7,9H,8H2,1-3H3,(H,15,18)(H,16,19). The Morgan fingerprint density at radius 1 is 1.16 bits per heavy atom. The van der Waals surface area contributed by atoms with E-state index in [4.69, 9.17) is 0 Å². The van der Waals surface area contributed by atoms with Gasteiger partial charge >= 0.3 is 0 Å². The second kappa shape index (κ2) is 6.68. The van der Waals surface area contributed by atoms with E-state index < -0.39 is 5.91 Å². The van der Waals surface area contributed by atoms with E-state index in [1.54, 1.807) is 24.3 Å². The van der Waals surface area contributed by atoms with Crippen molar-refractivity contribution in [3.63, 3.8) is 0 Å². The van der Waals surface area contributed by atoms with Gasteiger partial charge in [0.1, 0.15) is 6.42 Å². The van der Waals surface area contributed by atoms with E-state index in [0.29, 0.717) is 11.3 Å². The summed E-state index contributed by atoms with van der Waals surface area (Å²) >= 11 is 0. The van der Waals surface area contributed by atoms with E-state index in [0.717, 1.165) is 0 Å². The highest BCUT2D eigenvalue weighted by molar-refractivity contribution is 6.04. The molecule has 5 nitrogen and oxygen atoms in total. The van der Waals surface area contributed by atoms with Gasteiger partial charge in [0.25, 0.3) is 0 Å². The predicted octanol–water partition coefficient (Wildman–Crippen LogP) is 1.74. The molecule has 5 heteroatoms. The summed E-state index contributed by atoms with van der Waals surface area (Å²) in [5.74, 6) is -0.803. The Morgan fingerprint density at radius 3 is 2.42 bits per heavy atom. The zero-order chi connectivity index (χ0) is 14.4. The Hall–Kier alpha value is -2.17. The summed E-state index contributed by atoms with van der Waals surface area (Å²) in [6.45, 7) is 5.11. The van der Waals surface area contributed by atoms with E-state index in [1.165, 1.54) is 6.92 Å². The first-order valence-electron chi connectivity index (χ1n) is 6.08. The van der Waals surface area contributed by atoms with E-state index in [1.807, 2.05) is 13.8 Å². The van der Waals surface area contributed by atoms with Gasteiger partial charge < -0.3 is 10.6 Å². The van der Waals surface area contributed by atoms with Crippen LogP contribution in [0.4, 0.5) is 5.69 Å². The number of rotatable bonds is 5. The fraction of sp³-hybridized carbons (Fsp3) is 0.357. The molecule has 0 aliphatic carbocycles. The van der Waals surface area contributed by atoms with Crippen molar-refractivity contribution in [3.05, 3.63) is 29.8 Å². The first-order valence-corrected chi connectivity index (χ1v) is 6.08. The number of hydrogen-bond acceptors (Lipinski definition) is 3. The van der Waals surface area contributed by atoms with E-state index in [2.05, 4.69) is 10.6 Å². The van der Waals surface area contributed by atoms with Crippen LogP contribution in [0.5, 0.6) is 0 Å². The lowest BCUT2D eigenvalue weighted by Gasteiger charge is -2.09. The molecule has 2 amide bonds. The van der Waals surface area contributed by atoms with Crippen LogP contribution < -0.4 is 10.6 Å². The van der Waals surface area contributed by atoms with Gasteiger partial charge in [-0.05, 0) is 32.9 Å². The first kappa shape index (κ1) is 14.9. The van der Waals surface area contributed by atoms with Crippen LogP contribution in [-0.4, -0.2) is 23.6 Å². The Balaban J connectivity index is 2.59. The van der Waals surface area contributed by atoms with Crippen molar-refractivity contribution in [2.24, 2.45) is 0 Å². The zero-order valence-electron chi connectivity index (χ0n) is 11.3. The summed E-state index contributed by atoms with van der Waals surface area (Å²) in [5.41, 5.74) is 1.03. The van der Waals surface area contributed by atoms with Crippen LogP contribution in [0.1, 0.15) is 37.6 Å². The normalized spacial score (nSPS) is 10.1. The molecule has 0 saturated heterocycles. The summed E-state index contributed by atoms with van der Waals surface area (Å²) in [6, 6.07) is 6.61. The second-order valence-corrected chi connectivity index (χ2v) is 4.58. The molecule has 0 unspecified atom stereocenters. The van der Waals surface area contributed by atoms with Crippen molar-refractivity contribution in [1.82, 2.24) is 5.32 Å². The highest BCUT2D eigenvalue weighted by Crippen LogP contribution is 2.11. The first-order chi connectivity index (χ1) is 8.88. The second-order valence-electron chi connectivity index (χ2n) is 4.58. The third-order valence-corrected chi connectivity index (χ3v) is 2.32. The highest BCUT2D eigenvalue weighted by Gasteiger charge is 2.11. The maximum Gasteiger partial charge on any atom is 0.233 e. The van der Waals surface area contributed by atoms with Crippen LogP contribution in [0, 0.1) is 0 Å². The van der Waals surface area contributed by atoms with Crippen LogP contribution in [0.15, 0.2) is 24.3 Å². The summed E-state index contributed by atoms with van der Waals surface area (Å²) in [6.07, 6.45) is -0.234. The van der Waals surface area contributed by atoms with Crippen molar-refractivity contribution in [3.8, 4) is 0 Å². The molecular formula is C14H18N2O3. The molecule has 0 fully saturated rings. The van der Waals surface area contributed by atoms with Gasteiger partial charge in [0.2, 0.25) is 11.8 Å². The SMILES string of the molecule is CC(=O)c1cccc(NC(=O)CC(=O)NC(C)C)c1. The smallest absolute Gasteiger partial charge is 0.233 e. The van der Waals surface area contributed by atoms with Gasteiger partial charge in [-0.15, -0.1) is 0 Å². The minimum atomic E-state index is -0.404. The fourth-order valence-corrected chi connectivity index (χ4v) is 1.54. The molecule has 0 radical (unpaired) electrons. The van der Waals surface area contributed by atoms with Crippen molar-refractivity contribution in [1.29, 1.82) is 0 Å². The number of Topliss-reactive ketones (excluding diaryl/α,β-unsaturated/α-hetero) is 1. The average molecular weight is 262 g/mol. The van der Waals surface area contributed by atoms with Crippen molar-refractivity contribution < 1.29 is 14.4 Å². The van der Waals surface area contributed by atoms with Gasteiger partial charge in [-0.25, -0.2) is 0 Å². The molecule has 0 aliphatic heterocycles. The maximum absolute atomic E-state index is 11.6. The van der Waals surface area contributed by atoms with Gasteiger partial charge in [0.05, 0.1) is 0 Å². The lowest BCUT2D eigenvalue weighted by atomic mass is 10.1. The monoisotopic (exact) mass is 262 g/mol. The molecule has 0 aromatic heterocycles. The molecular weight excluding hydrogens is 244 g/mol. The Labute approximate surface area is 112 Å². The molecule has 0 saturated carbocycles. The summed E-state index contributed by atoms with van der Waals surface area (Å²) < 4.78 is 0. The van der Waals surface area contributed by atoms with Gasteiger partial charge in [-0.1, -0.05) is 12.1 Å². The summed E-state index contributed by atoms with van der Waals surface area (Å²) in [7, 11) is 0. The number of benzene rings is 1. The molecule has 1 aromatic rings. The molecule has 0 spiro atoms. The predicted molar refractivity (Wildman–Crippen MR) is 73.0 cm³/mol. The molecule has 1 aromatic carbocycles. The molecule has 0 atom stereocenters. The minimum Gasteiger partial charge on any atom is -0.353 e. The van der Waals surface area contributed by atoms with Crippen LogP contribution in [-0.2, 0) is 9.59 Å². The van der Waals surface area contributed by atoms with Gasteiger partial charge in [-0.3, -0.25) is 14.4 Å². The van der Waals surface area contributed by atoms with Crippen molar-refractivity contribution >= 4 is 23.3 Å². The third kappa shape index (κ3) is 5.33. The lowest BCUT2D eigenvalue weighted by molar-refractivity contribution is -0.127. The molecule has 0 heterocycles. The largest absolute Gasteiger partial charge is 0.353 e. The Bertz CT molecular complexity index is 495. The zero-order valence-corrected chi connectivity index (χ0v) is 11.3. The van der Waals surface area contributed by atoms with Crippen LogP contribution in [0.25, 0.3) is 0 Å². The molecule has 0 aliphatic rings. The number of anilines is 1. The lowest BCUT2D eigenvalue weighted by Crippen LogP contribution is -2.33. The fourth-order valence-electron chi connectivity index (χ4n) is 1.54. The number of ketones is 1. The molecule has 0 bridgehead atoms. The van der Waals surface area contributed by atoms with Crippen LogP contribution >= 0.6 is 0 Å². The van der Waals surface area contributed by atoms with Gasteiger partial charge in [0, 0.05) is 17.3 Å². The Kier molecular flexibility index (Phi) is 5.23. The molecule has 1 rings (SSSR count). The summed E-state index contributed by atoms with van der Waals surface area (Å²) in [4.78, 5) is 34.2.